The van der Waals surface area contributed by atoms with Crippen molar-refractivity contribution in [2.75, 3.05) is 0 Å². The lowest BCUT2D eigenvalue weighted by Crippen LogP contribution is -2.48. The summed E-state index contributed by atoms with van der Waals surface area (Å²) in [7, 11) is 0. The first-order valence-electron chi connectivity index (χ1n) is 7.28. The van der Waals surface area contributed by atoms with Gasteiger partial charge in [-0.15, -0.1) is 0 Å². The van der Waals surface area contributed by atoms with Crippen molar-refractivity contribution in [2.45, 2.75) is 26.7 Å². The number of amides is 1. The molecule has 4 heteroatoms. The van der Waals surface area contributed by atoms with Crippen molar-refractivity contribution in [2.24, 2.45) is 22.4 Å². The first-order valence-corrected chi connectivity index (χ1v) is 7.28. The molecule has 0 heterocycles. The number of allylic oxidation sites excluding steroid dienone is 2. The van der Waals surface area contributed by atoms with Crippen LogP contribution in [0.1, 0.15) is 37.0 Å². The number of carbonyl (C=O) groups excluding carboxylic acids is 1. The van der Waals surface area contributed by atoms with E-state index >= 15 is 0 Å². The molecule has 1 saturated carbocycles. The quantitative estimate of drug-likeness (QED) is 0.670. The second-order valence-electron chi connectivity index (χ2n) is 6.43. The zero-order valence-corrected chi connectivity index (χ0v) is 12.3. The number of fused-ring (bicyclic) bond motifs is 1. The molecule has 1 aromatic carbocycles. The molecule has 1 N–H and O–H groups in total. The van der Waals surface area contributed by atoms with E-state index in [1.54, 1.807) is 18.3 Å². The van der Waals surface area contributed by atoms with Crippen molar-refractivity contribution in [1.82, 2.24) is 5.43 Å². The molecule has 3 aliphatic carbocycles. The lowest BCUT2D eigenvalue weighted by atomic mass is 9.49. The molecule has 2 atom stereocenters. The van der Waals surface area contributed by atoms with E-state index < -0.39 is 11.7 Å². The third-order valence-corrected chi connectivity index (χ3v) is 5.01. The van der Waals surface area contributed by atoms with Gasteiger partial charge >= 0.3 is 0 Å². The Morgan fingerprint density at radius 3 is 2.86 bits per heavy atom. The molecule has 1 amide bonds. The number of hydrogen-bond donors (Lipinski definition) is 1. The molecular formula is C17H19FN2O. The average molecular weight is 286 g/mol. The fourth-order valence-electron chi connectivity index (χ4n) is 3.42. The molecule has 110 valence electrons. The van der Waals surface area contributed by atoms with Gasteiger partial charge < -0.3 is 0 Å². The van der Waals surface area contributed by atoms with Crippen LogP contribution in [0, 0.1) is 23.1 Å². The fourth-order valence-corrected chi connectivity index (χ4v) is 3.42. The van der Waals surface area contributed by atoms with Crippen LogP contribution < -0.4 is 5.43 Å². The van der Waals surface area contributed by atoms with E-state index in [1.165, 1.54) is 24.1 Å². The zero-order valence-electron chi connectivity index (χ0n) is 12.3. The summed E-state index contributed by atoms with van der Waals surface area (Å²) in [5.74, 6) is 0.231. The molecule has 0 unspecified atom stereocenters. The van der Waals surface area contributed by atoms with Crippen LogP contribution in [0.2, 0.25) is 0 Å². The maximum Gasteiger partial charge on any atom is 0.274 e. The number of hydrazone groups is 1. The summed E-state index contributed by atoms with van der Waals surface area (Å²) in [4.78, 5) is 11.8. The normalized spacial score (nSPS) is 26.1. The summed E-state index contributed by atoms with van der Waals surface area (Å²) in [5.41, 5.74) is 3.91. The van der Waals surface area contributed by atoms with Gasteiger partial charge in [-0.25, -0.2) is 9.82 Å². The van der Waals surface area contributed by atoms with Crippen LogP contribution in [0.25, 0.3) is 0 Å². The van der Waals surface area contributed by atoms with Crippen molar-refractivity contribution in [3.8, 4) is 0 Å². The molecule has 1 fully saturated rings. The number of carbonyl (C=O) groups is 1. The third-order valence-electron chi connectivity index (χ3n) is 5.01. The number of hydrogen-bond acceptors (Lipinski definition) is 2. The van der Waals surface area contributed by atoms with Crippen molar-refractivity contribution >= 4 is 12.1 Å². The van der Waals surface area contributed by atoms with Crippen molar-refractivity contribution < 1.29 is 9.18 Å². The minimum absolute atomic E-state index is 0.0105. The van der Waals surface area contributed by atoms with E-state index in [-0.39, 0.29) is 5.56 Å². The van der Waals surface area contributed by atoms with Crippen LogP contribution >= 0.6 is 0 Å². The fraction of sp³-hybridized carbons (Fsp3) is 0.412. The van der Waals surface area contributed by atoms with E-state index in [0.717, 1.165) is 12.3 Å². The first kappa shape index (κ1) is 14.0. The predicted octanol–water partition coefficient (Wildman–Crippen LogP) is 3.53. The molecule has 0 aliphatic heterocycles. The van der Waals surface area contributed by atoms with Gasteiger partial charge in [-0.3, -0.25) is 4.79 Å². The molecule has 1 aromatic rings. The molecule has 0 radical (unpaired) electrons. The Labute approximate surface area is 123 Å². The Kier molecular flexibility index (Phi) is 3.40. The van der Waals surface area contributed by atoms with Gasteiger partial charge in [0.2, 0.25) is 0 Å². The molecule has 21 heavy (non-hydrogen) atoms. The summed E-state index contributed by atoms with van der Waals surface area (Å²) >= 11 is 0. The predicted molar refractivity (Wildman–Crippen MR) is 80.4 cm³/mol. The van der Waals surface area contributed by atoms with Gasteiger partial charge in [0.25, 0.3) is 5.91 Å². The van der Waals surface area contributed by atoms with Crippen molar-refractivity contribution in [3.63, 3.8) is 0 Å². The van der Waals surface area contributed by atoms with Crippen LogP contribution in [-0.4, -0.2) is 12.1 Å². The number of nitrogens with one attached hydrogen (secondary N) is 1. The maximum absolute atomic E-state index is 13.5. The van der Waals surface area contributed by atoms with Crippen molar-refractivity contribution in [3.05, 3.63) is 47.3 Å². The number of nitrogens with zero attached hydrogens (tertiary/aromatic N) is 1. The van der Waals surface area contributed by atoms with Crippen molar-refractivity contribution in [1.29, 1.82) is 0 Å². The Morgan fingerprint density at radius 1 is 1.43 bits per heavy atom. The molecule has 3 aliphatic rings. The van der Waals surface area contributed by atoms with Crippen LogP contribution in [-0.2, 0) is 0 Å². The monoisotopic (exact) mass is 286 g/mol. The van der Waals surface area contributed by atoms with E-state index in [0.29, 0.717) is 11.3 Å². The van der Waals surface area contributed by atoms with Crippen LogP contribution in [0.15, 0.2) is 41.0 Å². The zero-order chi connectivity index (χ0) is 15.0. The van der Waals surface area contributed by atoms with Crippen LogP contribution in [0.4, 0.5) is 4.39 Å². The standard InChI is InChI=1S/C17H19FN2O/c1-17(2)12-8-7-11(14(17)9-12)10-19-20-16(21)13-5-3-4-6-15(13)18/h3-7,10,12,14H,8-9H2,1-2H3,(H,20,21)/b19-10-/t12-,14+/m0/s1. The number of halogens is 1. The van der Waals surface area contributed by atoms with Gasteiger partial charge in [0.05, 0.1) is 11.8 Å². The molecule has 4 rings (SSSR count). The summed E-state index contributed by atoms with van der Waals surface area (Å²) in [6.07, 6.45) is 6.18. The van der Waals surface area contributed by atoms with Gasteiger partial charge in [-0.05, 0) is 47.8 Å². The van der Waals surface area contributed by atoms with E-state index in [9.17, 15) is 9.18 Å². The van der Waals surface area contributed by atoms with E-state index in [2.05, 4.69) is 30.5 Å². The Morgan fingerprint density at radius 2 is 2.19 bits per heavy atom. The molecule has 0 saturated heterocycles. The second-order valence-corrected chi connectivity index (χ2v) is 6.43. The summed E-state index contributed by atoms with van der Waals surface area (Å²) in [5, 5.41) is 3.99. The van der Waals surface area contributed by atoms with E-state index in [1.807, 2.05) is 0 Å². The summed E-state index contributed by atoms with van der Waals surface area (Å²) in [6, 6.07) is 5.89. The minimum atomic E-state index is -0.537. The highest BCUT2D eigenvalue weighted by Gasteiger charge is 2.50. The lowest BCUT2D eigenvalue weighted by Gasteiger charge is -2.55. The highest BCUT2D eigenvalue weighted by molar-refractivity contribution is 5.95. The Balaban J connectivity index is 1.65. The van der Waals surface area contributed by atoms with Crippen LogP contribution in [0.5, 0.6) is 0 Å². The van der Waals surface area contributed by atoms with Gasteiger partial charge in [0.1, 0.15) is 5.82 Å². The van der Waals surface area contributed by atoms with E-state index in [4.69, 9.17) is 0 Å². The van der Waals surface area contributed by atoms with Gasteiger partial charge in [0, 0.05) is 0 Å². The average Bonchev–Trinajstić information content (AvgIpc) is 2.47. The third kappa shape index (κ3) is 2.39. The topological polar surface area (TPSA) is 41.5 Å². The molecule has 3 nitrogen and oxygen atoms in total. The SMILES string of the molecule is CC1(C)[C@H]2CC=C(/C=N\NC(=O)c3ccccc3F)[C@H]1C2. The Bertz CT molecular complexity index is 633. The molecule has 0 spiro atoms. The minimum Gasteiger partial charge on any atom is -0.267 e. The largest absolute Gasteiger partial charge is 0.274 e. The summed E-state index contributed by atoms with van der Waals surface area (Å²) in [6.45, 7) is 4.56. The highest BCUT2D eigenvalue weighted by atomic mass is 19.1. The summed E-state index contributed by atoms with van der Waals surface area (Å²) < 4.78 is 13.5. The van der Waals surface area contributed by atoms with Crippen LogP contribution in [0.3, 0.4) is 0 Å². The highest BCUT2D eigenvalue weighted by Crippen LogP contribution is 2.58. The Hall–Kier alpha value is -1.97. The number of benzene rings is 1. The number of rotatable bonds is 3. The molecule has 0 aromatic heterocycles. The van der Waals surface area contributed by atoms with Gasteiger partial charge in [0.15, 0.2) is 0 Å². The second kappa shape index (κ2) is 5.10. The molecular weight excluding hydrogens is 267 g/mol. The lowest BCUT2D eigenvalue weighted by molar-refractivity contribution is -0.00126. The first-order chi connectivity index (χ1) is 10.00. The molecule has 2 bridgehead atoms. The van der Waals surface area contributed by atoms with Gasteiger partial charge in [-0.2, -0.15) is 5.10 Å². The van der Waals surface area contributed by atoms with Gasteiger partial charge in [-0.1, -0.05) is 32.1 Å². The maximum atomic E-state index is 13.5. The smallest absolute Gasteiger partial charge is 0.267 e.